The smallest absolute Gasteiger partial charge is 0.299 e. The van der Waals surface area contributed by atoms with Crippen LogP contribution in [-0.4, -0.2) is 31.8 Å². The minimum Gasteiger partial charge on any atom is -0.382 e. The molecule has 0 fully saturated rings. The maximum Gasteiger partial charge on any atom is 0.299 e. The minimum absolute atomic E-state index is 0.135. The fourth-order valence-corrected chi connectivity index (χ4v) is 5.04. The van der Waals surface area contributed by atoms with Crippen LogP contribution in [0.2, 0.25) is 0 Å². The average Bonchev–Trinajstić information content (AvgIpc) is 2.97. The molecule has 10 nitrogen and oxygen atoms in total. The molecule has 1 heterocycles. The van der Waals surface area contributed by atoms with E-state index >= 15 is 0 Å². The molecule has 1 aliphatic heterocycles. The molecule has 0 unspecified atom stereocenters. The monoisotopic (exact) mass is 435 g/mol. The first-order valence-electron chi connectivity index (χ1n) is 7.82. The fourth-order valence-electron chi connectivity index (χ4n) is 2.83. The van der Waals surface area contributed by atoms with E-state index in [-0.39, 0.29) is 28.1 Å². The summed E-state index contributed by atoms with van der Waals surface area (Å²) >= 11 is 0. The molecule has 0 aromatic heterocycles. The summed E-state index contributed by atoms with van der Waals surface area (Å²) in [5.74, 6) is -1.19. The molecule has 2 aromatic carbocycles. The van der Waals surface area contributed by atoms with Crippen LogP contribution in [0.3, 0.4) is 0 Å². The van der Waals surface area contributed by atoms with Crippen molar-refractivity contribution in [2.75, 3.05) is 0 Å². The van der Waals surface area contributed by atoms with Gasteiger partial charge in [-0.1, -0.05) is 54.6 Å². The van der Waals surface area contributed by atoms with Crippen LogP contribution in [0.25, 0.3) is 15.4 Å². The summed E-state index contributed by atoms with van der Waals surface area (Å²) in [6.07, 6.45) is 0. The van der Waals surface area contributed by atoms with Gasteiger partial charge in [-0.2, -0.15) is 16.8 Å². The Bertz CT molecular complexity index is 1310. The Kier molecular flexibility index (Phi) is 5.19. The molecule has 2 aromatic rings. The van der Waals surface area contributed by atoms with E-state index in [9.17, 15) is 30.7 Å². The van der Waals surface area contributed by atoms with E-state index in [1.807, 2.05) is 0 Å². The lowest BCUT2D eigenvalue weighted by molar-refractivity contribution is -0.112. The fraction of sp³-hybridized carbons (Fsp3) is 0. The standard InChI is InChI=1S/C17H13N3O7S2/c18-16-13(17(21)20-19-16)11-8-4-5-9-12(11)15(29(25,26)27)14(28(22,23)24)10-6-2-1-3-7-10/h1-9H,18H2,(H,22,23,24)(H,25,26,27). The molecule has 0 atom stereocenters. The largest absolute Gasteiger partial charge is 0.382 e. The van der Waals surface area contributed by atoms with E-state index in [1.54, 1.807) is 0 Å². The molecule has 0 radical (unpaired) electrons. The van der Waals surface area contributed by atoms with Crippen molar-refractivity contribution < 1.29 is 30.7 Å². The first-order chi connectivity index (χ1) is 13.5. The summed E-state index contributed by atoms with van der Waals surface area (Å²) in [6, 6.07) is 12.0. The Balaban J connectivity index is 2.50. The number of nitrogens with two attached hydrogens (primary N) is 1. The molecule has 0 saturated heterocycles. The highest BCUT2D eigenvalue weighted by Crippen LogP contribution is 2.38. The van der Waals surface area contributed by atoms with Gasteiger partial charge < -0.3 is 5.73 Å². The second-order valence-corrected chi connectivity index (χ2v) is 8.50. The van der Waals surface area contributed by atoms with Gasteiger partial charge in [0.25, 0.3) is 26.1 Å². The number of benzene rings is 2. The number of amides is 1. The molecular weight excluding hydrogens is 422 g/mol. The average molecular weight is 435 g/mol. The summed E-state index contributed by atoms with van der Waals surface area (Å²) in [5.41, 5.74) is 4.66. The van der Waals surface area contributed by atoms with Gasteiger partial charge in [-0.25, -0.2) is 0 Å². The number of nitrogens with zero attached hydrogens (tertiary/aromatic N) is 2. The molecular formula is C17H13N3O7S2. The van der Waals surface area contributed by atoms with Crippen molar-refractivity contribution in [1.82, 2.24) is 0 Å². The van der Waals surface area contributed by atoms with Crippen molar-refractivity contribution in [3.05, 3.63) is 77.1 Å². The van der Waals surface area contributed by atoms with Crippen molar-refractivity contribution in [2.24, 2.45) is 16.0 Å². The van der Waals surface area contributed by atoms with Gasteiger partial charge >= 0.3 is 0 Å². The molecule has 12 heteroatoms. The summed E-state index contributed by atoms with van der Waals surface area (Å²) in [5, 5.41) is 6.71. The molecule has 0 spiro atoms. The Hall–Kier alpha value is -3.19. The minimum atomic E-state index is -5.23. The molecule has 29 heavy (non-hydrogen) atoms. The highest BCUT2D eigenvalue weighted by molar-refractivity contribution is 8.01. The van der Waals surface area contributed by atoms with E-state index in [1.165, 1.54) is 48.5 Å². The lowest BCUT2D eigenvalue weighted by Gasteiger charge is -2.15. The number of rotatable bonds is 5. The van der Waals surface area contributed by atoms with Crippen LogP contribution in [0.15, 0.2) is 70.6 Å². The van der Waals surface area contributed by atoms with Crippen molar-refractivity contribution in [2.45, 2.75) is 0 Å². The lowest BCUT2D eigenvalue weighted by atomic mass is 9.98. The van der Waals surface area contributed by atoms with E-state index in [0.717, 1.165) is 6.07 Å². The Labute approximate surface area is 165 Å². The third kappa shape index (κ3) is 4.00. The highest BCUT2D eigenvalue weighted by Gasteiger charge is 2.34. The van der Waals surface area contributed by atoms with Gasteiger partial charge in [0, 0.05) is 5.56 Å². The molecule has 1 amide bonds. The van der Waals surface area contributed by atoms with Gasteiger partial charge in [-0.3, -0.25) is 13.9 Å². The predicted molar refractivity (Wildman–Crippen MR) is 104 cm³/mol. The Morgan fingerprint density at radius 3 is 1.86 bits per heavy atom. The van der Waals surface area contributed by atoms with E-state index in [0.29, 0.717) is 0 Å². The van der Waals surface area contributed by atoms with Gasteiger partial charge in [0.2, 0.25) is 0 Å². The number of carbonyl (C=O) groups excluding carboxylic acids is 1. The summed E-state index contributed by atoms with van der Waals surface area (Å²) in [4.78, 5) is 9.87. The Morgan fingerprint density at radius 1 is 0.793 bits per heavy atom. The first-order valence-corrected chi connectivity index (χ1v) is 10.7. The molecule has 3 rings (SSSR count). The molecule has 0 bridgehead atoms. The second-order valence-electron chi connectivity index (χ2n) is 5.79. The third-order valence-electron chi connectivity index (χ3n) is 3.92. The van der Waals surface area contributed by atoms with Crippen molar-refractivity contribution in [3.63, 3.8) is 0 Å². The zero-order chi connectivity index (χ0) is 21.4. The van der Waals surface area contributed by atoms with Gasteiger partial charge in [0.1, 0.15) is 9.81 Å². The number of carbonyl (C=O) groups is 1. The van der Waals surface area contributed by atoms with Crippen LogP contribution >= 0.6 is 0 Å². The van der Waals surface area contributed by atoms with Crippen LogP contribution in [0.4, 0.5) is 0 Å². The topological polar surface area (TPSA) is 177 Å². The van der Waals surface area contributed by atoms with Crippen LogP contribution in [0.1, 0.15) is 16.7 Å². The van der Waals surface area contributed by atoms with Crippen molar-refractivity contribution in [1.29, 1.82) is 0 Å². The number of hydrogen-bond acceptors (Lipinski definition) is 7. The summed E-state index contributed by atoms with van der Waals surface area (Å²) < 4.78 is 68.5. The van der Waals surface area contributed by atoms with Crippen LogP contribution in [0, 0.1) is 0 Å². The normalized spacial score (nSPS) is 15.6. The van der Waals surface area contributed by atoms with Crippen molar-refractivity contribution >= 4 is 41.5 Å². The van der Waals surface area contributed by atoms with Crippen LogP contribution < -0.4 is 5.73 Å². The van der Waals surface area contributed by atoms with Gasteiger partial charge in [-0.05, 0) is 11.1 Å². The van der Waals surface area contributed by atoms with Crippen molar-refractivity contribution in [3.8, 4) is 0 Å². The molecule has 0 aliphatic carbocycles. The van der Waals surface area contributed by atoms with Crippen LogP contribution in [-0.2, 0) is 25.0 Å². The van der Waals surface area contributed by atoms with Crippen LogP contribution in [0.5, 0.6) is 0 Å². The third-order valence-corrected chi connectivity index (χ3v) is 5.94. The molecule has 150 valence electrons. The summed E-state index contributed by atoms with van der Waals surface area (Å²) in [6.45, 7) is 0. The highest BCUT2D eigenvalue weighted by atomic mass is 32.2. The van der Waals surface area contributed by atoms with Gasteiger partial charge in [0.05, 0.1) is 5.57 Å². The zero-order valence-corrected chi connectivity index (χ0v) is 16.1. The quantitative estimate of drug-likeness (QED) is 0.471. The number of azo groups is 1. The van der Waals surface area contributed by atoms with E-state index < -0.39 is 36.0 Å². The summed E-state index contributed by atoms with van der Waals surface area (Å²) in [7, 11) is -10.4. The second kappa shape index (κ2) is 7.33. The van der Waals surface area contributed by atoms with E-state index in [4.69, 9.17) is 5.73 Å². The Morgan fingerprint density at radius 2 is 1.34 bits per heavy atom. The maximum absolute atomic E-state index is 12.3. The lowest BCUT2D eigenvalue weighted by Crippen LogP contribution is -2.13. The zero-order valence-electron chi connectivity index (χ0n) is 14.4. The van der Waals surface area contributed by atoms with E-state index in [2.05, 4.69) is 10.2 Å². The molecule has 4 N–H and O–H groups in total. The SMILES string of the molecule is NC1=C(c2ccccc2C(=C(c2ccccc2)S(=O)(=O)O)S(=O)(=O)O)C(=O)N=N1. The van der Waals surface area contributed by atoms with Gasteiger partial charge in [-0.15, -0.1) is 10.2 Å². The molecule has 0 saturated carbocycles. The predicted octanol–water partition coefficient (Wildman–Crippen LogP) is 1.91. The maximum atomic E-state index is 12.3. The molecule has 1 aliphatic rings. The number of hydrogen-bond donors (Lipinski definition) is 3. The van der Waals surface area contributed by atoms with Gasteiger partial charge in [0.15, 0.2) is 5.82 Å². The first kappa shape index (κ1) is 20.5.